The molecule has 1 saturated carbocycles. The van der Waals surface area contributed by atoms with E-state index in [4.69, 9.17) is 0 Å². The molecule has 2 aromatic carbocycles. The zero-order valence-electron chi connectivity index (χ0n) is 17.9. The van der Waals surface area contributed by atoms with Crippen LogP contribution in [-0.4, -0.2) is 23.7 Å². The molecule has 2 aromatic rings. The topological polar surface area (TPSA) is 64.9 Å². The maximum atomic E-state index is 13.9. The second-order valence-corrected chi connectivity index (χ2v) is 8.25. The third-order valence-corrected chi connectivity index (χ3v) is 5.65. The Morgan fingerprint density at radius 1 is 1.16 bits per heavy atom. The van der Waals surface area contributed by atoms with E-state index in [-0.39, 0.29) is 17.8 Å². The van der Waals surface area contributed by atoms with Crippen molar-refractivity contribution < 1.29 is 22.4 Å². The quantitative estimate of drug-likeness (QED) is 0.537. The van der Waals surface area contributed by atoms with Gasteiger partial charge in [-0.25, -0.2) is 4.39 Å². The van der Waals surface area contributed by atoms with Gasteiger partial charge >= 0.3 is 6.18 Å². The molecule has 3 rings (SSSR count). The number of hydrogen-bond acceptors (Lipinski definition) is 3. The zero-order chi connectivity index (χ0) is 23.5. The zero-order valence-corrected chi connectivity index (χ0v) is 17.9. The molecule has 0 radical (unpaired) electrons. The summed E-state index contributed by atoms with van der Waals surface area (Å²) in [5.74, 6) is -0.949. The summed E-state index contributed by atoms with van der Waals surface area (Å²) in [5.41, 5.74) is 0.816. The number of amides is 1. The lowest BCUT2D eigenvalue weighted by molar-refractivity contribution is -0.161. The molecule has 0 unspecified atom stereocenters. The van der Waals surface area contributed by atoms with Gasteiger partial charge in [-0.3, -0.25) is 10.1 Å². The number of nitriles is 1. The summed E-state index contributed by atoms with van der Waals surface area (Å²) in [6.07, 6.45) is -2.93. The van der Waals surface area contributed by atoms with Crippen LogP contribution in [0.3, 0.4) is 0 Å². The van der Waals surface area contributed by atoms with Gasteiger partial charge in [0.05, 0.1) is 12.1 Å². The second-order valence-electron chi connectivity index (χ2n) is 8.25. The standard InChI is InChI=1S/C24H25F4N3O/c1-3-4-20(22(32)31-23(14-29)11-12-23)30-21(24(26,27)28)17-7-5-16(6-8-17)18-9-10-19(25)15(2)13-18/h5-10,13,20-21,30H,3-4,11-12H2,1-2H3,(H,31,32)/t20-,21-/m0/s1. The van der Waals surface area contributed by atoms with Crippen molar-refractivity contribution in [1.82, 2.24) is 10.6 Å². The highest BCUT2D eigenvalue weighted by Gasteiger charge is 2.47. The van der Waals surface area contributed by atoms with Crippen molar-refractivity contribution in [2.24, 2.45) is 0 Å². The molecular formula is C24H25F4N3O. The number of nitrogens with one attached hydrogen (secondary N) is 2. The largest absolute Gasteiger partial charge is 0.407 e. The van der Waals surface area contributed by atoms with Crippen molar-refractivity contribution in [3.8, 4) is 17.2 Å². The molecule has 0 aliphatic heterocycles. The number of aryl methyl sites for hydroxylation is 1. The Kier molecular flexibility index (Phi) is 6.89. The molecule has 0 bridgehead atoms. The summed E-state index contributed by atoms with van der Waals surface area (Å²) in [6.45, 7) is 3.40. The third kappa shape index (κ3) is 5.46. The van der Waals surface area contributed by atoms with Crippen LogP contribution in [0.5, 0.6) is 0 Å². The molecule has 2 N–H and O–H groups in total. The minimum Gasteiger partial charge on any atom is -0.336 e. The van der Waals surface area contributed by atoms with Gasteiger partial charge < -0.3 is 5.32 Å². The van der Waals surface area contributed by atoms with E-state index < -0.39 is 29.7 Å². The minimum atomic E-state index is -4.63. The Hall–Kier alpha value is -2.92. The summed E-state index contributed by atoms with van der Waals surface area (Å²) >= 11 is 0. The number of nitrogens with zero attached hydrogens (tertiary/aromatic N) is 1. The Bertz CT molecular complexity index is 1010. The van der Waals surface area contributed by atoms with Crippen LogP contribution in [-0.2, 0) is 4.79 Å². The fourth-order valence-electron chi connectivity index (χ4n) is 3.56. The van der Waals surface area contributed by atoms with Crippen molar-refractivity contribution in [3.05, 3.63) is 59.4 Å². The Balaban J connectivity index is 1.83. The first-order chi connectivity index (χ1) is 15.1. The third-order valence-electron chi connectivity index (χ3n) is 5.65. The highest BCUT2D eigenvalue weighted by molar-refractivity contribution is 5.83. The summed E-state index contributed by atoms with van der Waals surface area (Å²) in [4.78, 5) is 12.6. The van der Waals surface area contributed by atoms with Crippen LogP contribution in [0.15, 0.2) is 42.5 Å². The average molecular weight is 447 g/mol. The lowest BCUT2D eigenvalue weighted by Crippen LogP contribution is -2.51. The van der Waals surface area contributed by atoms with E-state index in [9.17, 15) is 27.6 Å². The molecule has 170 valence electrons. The van der Waals surface area contributed by atoms with E-state index in [0.717, 1.165) is 0 Å². The maximum Gasteiger partial charge on any atom is 0.407 e. The SMILES string of the molecule is CCC[C@H](N[C@@H](c1ccc(-c2ccc(F)c(C)c2)cc1)C(F)(F)F)C(=O)NC1(C#N)CC1. The van der Waals surface area contributed by atoms with Gasteiger partial charge in [0, 0.05) is 0 Å². The van der Waals surface area contributed by atoms with Crippen molar-refractivity contribution in [2.45, 2.75) is 63.3 Å². The summed E-state index contributed by atoms with van der Waals surface area (Å²) in [5, 5.41) is 14.2. The lowest BCUT2D eigenvalue weighted by Gasteiger charge is -2.28. The molecule has 4 nitrogen and oxygen atoms in total. The van der Waals surface area contributed by atoms with Crippen LogP contribution >= 0.6 is 0 Å². The number of hydrogen-bond donors (Lipinski definition) is 2. The molecule has 8 heteroatoms. The monoisotopic (exact) mass is 447 g/mol. The van der Waals surface area contributed by atoms with E-state index in [1.54, 1.807) is 38.1 Å². The second kappa shape index (κ2) is 9.29. The lowest BCUT2D eigenvalue weighted by atomic mass is 9.98. The maximum absolute atomic E-state index is 13.9. The summed E-state index contributed by atoms with van der Waals surface area (Å²) in [7, 11) is 0. The van der Waals surface area contributed by atoms with Crippen molar-refractivity contribution >= 4 is 5.91 Å². The molecule has 0 saturated heterocycles. The fourth-order valence-corrected chi connectivity index (χ4v) is 3.56. The van der Waals surface area contributed by atoms with Gasteiger partial charge in [0.15, 0.2) is 0 Å². The molecule has 1 fully saturated rings. The number of carbonyl (C=O) groups excluding carboxylic acids is 1. The number of halogens is 4. The number of alkyl halides is 3. The number of rotatable bonds is 8. The molecule has 32 heavy (non-hydrogen) atoms. The Labute approximate surface area is 184 Å². The molecule has 1 amide bonds. The van der Waals surface area contributed by atoms with Crippen LogP contribution in [0.4, 0.5) is 17.6 Å². The molecule has 0 spiro atoms. The van der Waals surface area contributed by atoms with E-state index in [0.29, 0.717) is 36.0 Å². The molecular weight excluding hydrogens is 422 g/mol. The first kappa shape index (κ1) is 23.7. The smallest absolute Gasteiger partial charge is 0.336 e. The van der Waals surface area contributed by atoms with Crippen LogP contribution in [0, 0.1) is 24.1 Å². The van der Waals surface area contributed by atoms with Gasteiger partial charge in [-0.2, -0.15) is 18.4 Å². The van der Waals surface area contributed by atoms with Crippen LogP contribution in [0.2, 0.25) is 0 Å². The Morgan fingerprint density at radius 3 is 2.28 bits per heavy atom. The van der Waals surface area contributed by atoms with E-state index >= 15 is 0 Å². The van der Waals surface area contributed by atoms with E-state index in [1.807, 2.05) is 6.07 Å². The molecule has 0 heterocycles. The summed E-state index contributed by atoms with van der Waals surface area (Å²) < 4.78 is 55.3. The van der Waals surface area contributed by atoms with Crippen molar-refractivity contribution in [1.29, 1.82) is 5.26 Å². The van der Waals surface area contributed by atoms with Crippen LogP contribution in [0.1, 0.15) is 49.8 Å². The predicted octanol–water partition coefficient (Wildman–Crippen LogP) is 5.34. The van der Waals surface area contributed by atoms with Gasteiger partial charge in [0.2, 0.25) is 5.91 Å². The first-order valence-corrected chi connectivity index (χ1v) is 10.5. The molecule has 0 aromatic heterocycles. The molecule has 2 atom stereocenters. The Morgan fingerprint density at radius 2 is 1.78 bits per heavy atom. The summed E-state index contributed by atoms with van der Waals surface area (Å²) in [6, 6.07) is 9.22. The fraction of sp³-hybridized carbons (Fsp3) is 0.417. The number of benzene rings is 2. The van der Waals surface area contributed by atoms with Crippen molar-refractivity contribution in [3.63, 3.8) is 0 Å². The van der Waals surface area contributed by atoms with E-state index in [1.165, 1.54) is 18.2 Å². The normalized spacial score (nSPS) is 16.7. The first-order valence-electron chi connectivity index (χ1n) is 10.5. The molecule has 1 aliphatic rings. The van der Waals surface area contributed by atoms with Gasteiger partial charge in [-0.1, -0.05) is 43.7 Å². The van der Waals surface area contributed by atoms with E-state index in [2.05, 4.69) is 10.6 Å². The predicted molar refractivity (Wildman–Crippen MR) is 113 cm³/mol. The molecule has 1 aliphatic carbocycles. The highest BCUT2D eigenvalue weighted by Crippen LogP contribution is 2.36. The van der Waals surface area contributed by atoms with Crippen LogP contribution < -0.4 is 10.6 Å². The average Bonchev–Trinajstić information content (AvgIpc) is 3.52. The number of carbonyl (C=O) groups is 1. The van der Waals surface area contributed by atoms with Gasteiger partial charge in [-0.05, 0) is 60.6 Å². The van der Waals surface area contributed by atoms with Gasteiger partial charge in [-0.15, -0.1) is 0 Å². The van der Waals surface area contributed by atoms with Crippen LogP contribution in [0.25, 0.3) is 11.1 Å². The van der Waals surface area contributed by atoms with Crippen molar-refractivity contribution in [2.75, 3.05) is 0 Å². The highest BCUT2D eigenvalue weighted by atomic mass is 19.4. The van der Waals surface area contributed by atoms with Gasteiger partial charge in [0.25, 0.3) is 0 Å². The minimum absolute atomic E-state index is 0.0320. The van der Waals surface area contributed by atoms with Gasteiger partial charge in [0.1, 0.15) is 17.4 Å².